The summed E-state index contributed by atoms with van der Waals surface area (Å²) in [5, 5.41) is 25.3. The number of nitrogens with zero attached hydrogens (tertiary/aromatic N) is 4. The largest absolute Gasteiger partial charge is 0.387 e. The van der Waals surface area contributed by atoms with Crippen molar-refractivity contribution in [3.63, 3.8) is 0 Å². The first kappa shape index (κ1) is 27.2. The smallest absolute Gasteiger partial charge is 0.354 e. The van der Waals surface area contributed by atoms with Crippen LogP contribution < -0.4 is 5.32 Å². The van der Waals surface area contributed by atoms with Gasteiger partial charge in [0, 0.05) is 26.3 Å². The van der Waals surface area contributed by atoms with E-state index in [1.54, 1.807) is 16.8 Å². The Hall–Kier alpha value is -1.83. The number of hydrogen-bond donors (Lipinski definition) is 4. The summed E-state index contributed by atoms with van der Waals surface area (Å²) in [6.45, 7) is -0.871. The number of ether oxygens (including phenoxy) is 2. The third-order valence-electron chi connectivity index (χ3n) is 6.28. The van der Waals surface area contributed by atoms with E-state index in [4.69, 9.17) is 25.6 Å². The normalized spacial score (nSPS) is 26.4. The molecule has 200 valence electrons. The second kappa shape index (κ2) is 11.3. The molecule has 3 heterocycles. The molecule has 4 N–H and O–H groups in total. The number of anilines is 1. The second-order valence-electron chi connectivity index (χ2n) is 9.17. The number of rotatable bonds is 10. The van der Waals surface area contributed by atoms with E-state index in [0.717, 1.165) is 25.7 Å². The average Bonchev–Trinajstić information content (AvgIpc) is 3.54. The average molecular weight is 548 g/mol. The Balaban J connectivity index is 1.41. The number of aliphatic hydroxyl groups excluding tert-OH is 2. The Bertz CT molecular complexity index is 1130. The highest BCUT2D eigenvalue weighted by atomic mass is 35.5. The van der Waals surface area contributed by atoms with Gasteiger partial charge in [-0.15, -0.1) is 0 Å². The monoisotopic (exact) mass is 547 g/mol. The van der Waals surface area contributed by atoms with Crippen LogP contribution in [0.25, 0.3) is 11.0 Å². The number of carbonyl (C=O) groups is 1. The van der Waals surface area contributed by atoms with Crippen LogP contribution in [-0.2, 0) is 23.4 Å². The van der Waals surface area contributed by atoms with Gasteiger partial charge < -0.3 is 39.4 Å². The van der Waals surface area contributed by atoms with Crippen molar-refractivity contribution in [3.8, 4) is 0 Å². The van der Waals surface area contributed by atoms with E-state index in [-0.39, 0.29) is 11.9 Å². The van der Waals surface area contributed by atoms with Crippen molar-refractivity contribution in [2.45, 2.75) is 56.3 Å². The molecule has 2 aliphatic rings. The van der Waals surface area contributed by atoms with Gasteiger partial charge in [-0.3, -0.25) is 13.9 Å². The number of fused-ring (bicyclic) bond motifs is 1. The Labute approximate surface area is 212 Å². The van der Waals surface area contributed by atoms with Crippen molar-refractivity contribution in [1.29, 1.82) is 0 Å². The number of aromatic nitrogens is 3. The molecule has 0 spiro atoms. The number of carbonyl (C=O) groups excluding carboxylic acids is 1. The van der Waals surface area contributed by atoms with Crippen LogP contribution in [0.1, 0.15) is 31.9 Å². The first-order valence-electron chi connectivity index (χ1n) is 11.6. The van der Waals surface area contributed by atoms with Crippen LogP contribution in [-0.4, -0.2) is 98.5 Å². The van der Waals surface area contributed by atoms with Gasteiger partial charge in [0.25, 0.3) is 0 Å². The van der Waals surface area contributed by atoms with Crippen LogP contribution in [0.3, 0.4) is 0 Å². The SMILES string of the molecule is CN(C)C(=O)COP(=O)(O)COCC1O[C@@H](n2ccc3c(NC4CCCC4)nc(Cl)nc32)[C@H](O)[C@@H]1O. The third-order valence-corrected chi connectivity index (χ3v) is 7.49. The number of amides is 1. The summed E-state index contributed by atoms with van der Waals surface area (Å²) in [5.41, 5.74) is 0.423. The quantitative estimate of drug-likeness (QED) is 0.250. The minimum Gasteiger partial charge on any atom is -0.387 e. The highest BCUT2D eigenvalue weighted by Crippen LogP contribution is 2.42. The molecule has 2 fully saturated rings. The van der Waals surface area contributed by atoms with Crippen molar-refractivity contribution >= 4 is 42.0 Å². The molecule has 5 atom stereocenters. The standard InChI is InChI=1S/C21H31ClN5O8P/c1-26(2)15(28)10-34-36(31,32)11-33-9-14-16(29)17(30)20(35-14)27-8-7-13-18(23-12-5-3-4-6-12)24-21(22)25-19(13)27/h7-8,12,14,16-17,20,29-30H,3-6,9-11H2,1-2H3,(H,31,32)(H,23,24,25)/t14?,16-,17-,20-/m1/s1. The van der Waals surface area contributed by atoms with Gasteiger partial charge in [0.15, 0.2) is 6.23 Å². The van der Waals surface area contributed by atoms with Gasteiger partial charge in [0.2, 0.25) is 11.2 Å². The maximum absolute atomic E-state index is 12.1. The Morgan fingerprint density at radius 2 is 2.03 bits per heavy atom. The first-order valence-corrected chi connectivity index (χ1v) is 13.8. The molecule has 4 rings (SSSR count). The van der Waals surface area contributed by atoms with Crippen molar-refractivity contribution in [2.75, 3.05) is 39.0 Å². The molecule has 15 heteroatoms. The van der Waals surface area contributed by atoms with E-state index in [1.807, 2.05) is 0 Å². The number of hydrogen-bond acceptors (Lipinski definition) is 10. The van der Waals surface area contributed by atoms with Gasteiger partial charge in [0.1, 0.15) is 42.7 Å². The van der Waals surface area contributed by atoms with Crippen molar-refractivity contribution in [1.82, 2.24) is 19.4 Å². The van der Waals surface area contributed by atoms with Gasteiger partial charge >= 0.3 is 7.60 Å². The van der Waals surface area contributed by atoms with Crippen molar-refractivity contribution in [3.05, 3.63) is 17.5 Å². The minimum absolute atomic E-state index is 0.0299. The second-order valence-corrected chi connectivity index (χ2v) is 11.3. The highest BCUT2D eigenvalue weighted by molar-refractivity contribution is 7.52. The lowest BCUT2D eigenvalue weighted by atomic mass is 10.1. The summed E-state index contributed by atoms with van der Waals surface area (Å²) >= 11 is 6.18. The summed E-state index contributed by atoms with van der Waals surface area (Å²) < 4.78 is 29.5. The zero-order valence-electron chi connectivity index (χ0n) is 20.0. The minimum atomic E-state index is -4.21. The Kier molecular flexibility index (Phi) is 8.52. The fraction of sp³-hybridized carbons (Fsp3) is 0.667. The van der Waals surface area contributed by atoms with E-state index < -0.39 is 51.0 Å². The number of aliphatic hydroxyl groups is 2. The molecule has 2 aromatic rings. The fourth-order valence-electron chi connectivity index (χ4n) is 4.29. The summed E-state index contributed by atoms with van der Waals surface area (Å²) in [4.78, 5) is 31.2. The number of likely N-dealkylation sites (N-methyl/N-ethyl adjacent to an activating group) is 1. The number of nitrogens with one attached hydrogen (secondary N) is 1. The van der Waals surface area contributed by atoms with Crippen molar-refractivity contribution < 1.29 is 38.5 Å². The molecule has 1 aliphatic carbocycles. The molecule has 2 unspecified atom stereocenters. The predicted molar refractivity (Wildman–Crippen MR) is 130 cm³/mol. The fourth-order valence-corrected chi connectivity index (χ4v) is 5.18. The summed E-state index contributed by atoms with van der Waals surface area (Å²) in [6.07, 6.45) is 0.653. The van der Waals surface area contributed by atoms with E-state index in [2.05, 4.69) is 15.3 Å². The molecule has 2 aromatic heterocycles. The topological polar surface area (TPSA) is 168 Å². The van der Waals surface area contributed by atoms with Gasteiger partial charge in [-0.2, -0.15) is 4.98 Å². The molecule has 36 heavy (non-hydrogen) atoms. The molecule has 1 amide bonds. The van der Waals surface area contributed by atoms with E-state index in [1.165, 1.54) is 19.0 Å². The molecule has 1 aliphatic heterocycles. The van der Waals surface area contributed by atoms with Crippen LogP contribution in [0.2, 0.25) is 5.28 Å². The third kappa shape index (κ3) is 6.17. The van der Waals surface area contributed by atoms with Crippen LogP contribution >= 0.6 is 19.2 Å². The maximum Gasteiger partial charge on any atom is 0.354 e. The lowest BCUT2D eigenvalue weighted by Gasteiger charge is -2.18. The summed E-state index contributed by atoms with van der Waals surface area (Å²) in [7, 11) is -1.23. The van der Waals surface area contributed by atoms with Crippen molar-refractivity contribution in [2.24, 2.45) is 0 Å². The van der Waals surface area contributed by atoms with Gasteiger partial charge in [-0.25, -0.2) is 4.98 Å². The van der Waals surface area contributed by atoms with Crippen LogP contribution in [0.15, 0.2) is 12.3 Å². The van der Waals surface area contributed by atoms with Crippen LogP contribution in [0, 0.1) is 0 Å². The summed E-state index contributed by atoms with van der Waals surface area (Å²) in [5.74, 6) is 0.115. The molecular weight excluding hydrogens is 517 g/mol. The highest BCUT2D eigenvalue weighted by Gasteiger charge is 2.44. The first-order chi connectivity index (χ1) is 17.1. The Morgan fingerprint density at radius 1 is 1.31 bits per heavy atom. The van der Waals surface area contributed by atoms with E-state index in [9.17, 15) is 24.5 Å². The lowest BCUT2D eigenvalue weighted by molar-refractivity contribution is -0.131. The van der Waals surface area contributed by atoms with Crippen LogP contribution in [0.5, 0.6) is 0 Å². The predicted octanol–water partition coefficient (Wildman–Crippen LogP) is 1.32. The summed E-state index contributed by atoms with van der Waals surface area (Å²) in [6, 6.07) is 2.08. The molecule has 1 saturated heterocycles. The zero-order chi connectivity index (χ0) is 26.0. The molecule has 0 radical (unpaired) electrons. The Morgan fingerprint density at radius 3 is 2.72 bits per heavy atom. The number of halogens is 1. The van der Waals surface area contributed by atoms with E-state index >= 15 is 0 Å². The maximum atomic E-state index is 12.1. The van der Waals surface area contributed by atoms with E-state index in [0.29, 0.717) is 22.9 Å². The molecular formula is C21H31ClN5O8P. The zero-order valence-corrected chi connectivity index (χ0v) is 21.6. The van der Waals surface area contributed by atoms with Gasteiger partial charge in [0.05, 0.1) is 12.0 Å². The molecule has 13 nitrogen and oxygen atoms in total. The lowest BCUT2D eigenvalue weighted by Crippen LogP contribution is -2.34. The van der Waals surface area contributed by atoms with Crippen LogP contribution in [0.4, 0.5) is 5.82 Å². The molecule has 1 saturated carbocycles. The molecule has 0 aromatic carbocycles. The molecule has 0 bridgehead atoms. The van der Waals surface area contributed by atoms with Gasteiger partial charge in [-0.1, -0.05) is 12.8 Å². The van der Waals surface area contributed by atoms with Gasteiger partial charge in [-0.05, 0) is 30.5 Å².